The number of rotatable bonds is 7. The Morgan fingerprint density at radius 2 is 1.91 bits per heavy atom. The van der Waals surface area contributed by atoms with Gasteiger partial charge in [-0.3, -0.25) is 14.5 Å². The van der Waals surface area contributed by atoms with Gasteiger partial charge in [-0.05, 0) is 22.9 Å². The van der Waals surface area contributed by atoms with E-state index in [4.69, 9.17) is 0 Å². The van der Waals surface area contributed by atoms with Crippen molar-refractivity contribution >= 4 is 52.6 Å². The van der Waals surface area contributed by atoms with Crippen LogP contribution in [0.4, 0.5) is 0 Å². The average Bonchev–Trinajstić information content (AvgIpc) is 3.35. The van der Waals surface area contributed by atoms with Crippen LogP contribution >= 0.6 is 34.9 Å². The second-order valence-corrected chi connectivity index (χ2v) is 9.59. The van der Waals surface area contributed by atoms with E-state index in [1.807, 2.05) is 6.92 Å². The Kier molecular flexibility index (Phi) is 17.4. The quantitative estimate of drug-likeness (QED) is 0.186. The third kappa shape index (κ3) is 8.15. The van der Waals surface area contributed by atoms with E-state index >= 15 is 0 Å². The number of aromatic nitrogens is 6. The van der Waals surface area contributed by atoms with Crippen molar-refractivity contribution in [3.63, 3.8) is 0 Å². The predicted octanol–water partition coefficient (Wildman–Crippen LogP) is -9.09. The Morgan fingerprint density at radius 3 is 2.46 bits per heavy atom. The van der Waals surface area contributed by atoms with Crippen molar-refractivity contribution in [3.05, 3.63) is 22.6 Å². The van der Waals surface area contributed by atoms with Crippen molar-refractivity contribution < 1.29 is 76.4 Å². The fourth-order valence-corrected chi connectivity index (χ4v) is 6.19. The normalized spacial score (nSPS) is 17.4. The molecule has 0 bridgehead atoms. The summed E-state index contributed by atoms with van der Waals surface area (Å²) >= 11 is 4.17. The first-order valence-corrected chi connectivity index (χ1v) is 11.1. The van der Waals surface area contributed by atoms with Gasteiger partial charge >= 0.3 is 29.6 Å². The molecule has 2 atom stereocenters. The van der Waals surface area contributed by atoms with Crippen molar-refractivity contribution in [2.24, 2.45) is 0 Å². The molecule has 2 amide bonds. The van der Waals surface area contributed by atoms with Crippen LogP contribution in [0, 0.1) is 6.92 Å². The second kappa shape index (κ2) is 16.1. The molecule has 4 heterocycles. The molecule has 17 nitrogen and oxygen atoms in total. The van der Waals surface area contributed by atoms with E-state index in [9.17, 15) is 19.5 Å². The van der Waals surface area contributed by atoms with E-state index in [-0.39, 0.29) is 69.2 Å². The third-order valence-electron chi connectivity index (χ3n) is 4.13. The number of hydrogen-bond donors (Lipinski definition) is 1. The van der Waals surface area contributed by atoms with Crippen molar-refractivity contribution in [2.75, 3.05) is 11.5 Å². The predicted molar refractivity (Wildman–Crippen MR) is 118 cm³/mol. The number of carboxylic acid groups (broad SMARTS) is 1. The minimum absolute atomic E-state index is 0. The Morgan fingerprint density at radius 1 is 1.23 bits per heavy atom. The molecular formula is C14H23N8NaO9S3. The number of aliphatic carboxylic acids is 1. The number of hydrogen-bond acceptors (Lipinski definition) is 12. The van der Waals surface area contributed by atoms with Gasteiger partial charge in [0.2, 0.25) is 5.91 Å². The Bertz CT molecular complexity index is 1010. The summed E-state index contributed by atoms with van der Waals surface area (Å²) in [6, 6.07) is -0.807. The molecule has 0 unspecified atom stereocenters. The number of β-lactam (4-membered cyclic amide) rings is 1. The monoisotopic (exact) mass is 566 g/mol. The molecule has 4 rings (SSSR count). The van der Waals surface area contributed by atoms with E-state index in [0.29, 0.717) is 17.1 Å². The zero-order chi connectivity index (χ0) is 20.5. The SMILES string of the molecule is Cc1nnc(SCC2=C(C(=O)[O-])N3C(=O)[C@H](NC(=O)Cn4cnnn4)[C@@H]3SC2)s1.O.O.O.O.O.[Na+]. The molecule has 0 spiro atoms. The summed E-state index contributed by atoms with van der Waals surface area (Å²) in [7, 11) is 0. The first kappa shape index (κ1) is 37.8. The van der Waals surface area contributed by atoms with Crippen molar-refractivity contribution in [3.8, 4) is 0 Å². The Hall–Kier alpha value is -1.72. The molecule has 11 N–H and O–H groups in total. The molecule has 2 aromatic heterocycles. The number of nitrogens with zero attached hydrogens (tertiary/aromatic N) is 7. The van der Waals surface area contributed by atoms with Gasteiger partial charge in [0, 0.05) is 11.5 Å². The van der Waals surface area contributed by atoms with E-state index in [0.717, 1.165) is 9.35 Å². The maximum absolute atomic E-state index is 12.6. The number of carbonyl (C=O) groups is 3. The maximum Gasteiger partial charge on any atom is 1.00 e. The fourth-order valence-electron chi connectivity index (χ4n) is 2.89. The summed E-state index contributed by atoms with van der Waals surface area (Å²) in [5.41, 5.74) is 0.453. The summed E-state index contributed by atoms with van der Waals surface area (Å²) in [5, 5.41) is 33.1. The van der Waals surface area contributed by atoms with Gasteiger partial charge in [0.15, 0.2) is 4.34 Å². The number of tetrazole rings is 1. The number of amides is 2. The number of carbonyl (C=O) groups excluding carboxylic acids is 3. The van der Waals surface area contributed by atoms with Gasteiger partial charge in [-0.15, -0.1) is 27.1 Å². The van der Waals surface area contributed by atoms with Gasteiger partial charge in [-0.25, -0.2) is 4.68 Å². The first-order valence-electron chi connectivity index (χ1n) is 8.25. The summed E-state index contributed by atoms with van der Waals surface area (Å²) in [6.45, 7) is 1.70. The standard InChI is InChI=1S/C14H14N8O4S3.Na.5H2O/c1-6-17-18-14(29-6)28-4-7-3-27-12-9(11(24)22(12)10(7)13(25)26)16-8(23)2-21-5-15-19-20-21;;;;;;/h5,9,12H,2-4H2,1H3,(H,16,23)(H,25,26);;5*1H2/q;+1;;;;;/p-1/t9-,12-;;;;;;/m0....../s1. The van der Waals surface area contributed by atoms with E-state index in [2.05, 4.69) is 31.0 Å². The summed E-state index contributed by atoms with van der Waals surface area (Å²) in [5.74, 6) is -1.57. The number of nitrogens with one attached hydrogen (secondary N) is 1. The summed E-state index contributed by atoms with van der Waals surface area (Å²) in [6.07, 6.45) is 1.28. The topological polar surface area (TPSA) is 316 Å². The third-order valence-corrected chi connectivity index (χ3v) is 7.53. The molecule has 2 aromatic rings. The minimum Gasteiger partial charge on any atom is -0.543 e. The first-order chi connectivity index (χ1) is 13.9. The van der Waals surface area contributed by atoms with E-state index < -0.39 is 29.2 Å². The van der Waals surface area contributed by atoms with Crippen molar-refractivity contribution in [1.82, 2.24) is 40.6 Å². The van der Waals surface area contributed by atoms with Gasteiger partial charge in [0.05, 0.1) is 11.7 Å². The fraction of sp³-hybridized carbons (Fsp3) is 0.429. The largest absolute Gasteiger partial charge is 1.00 e. The Balaban J connectivity index is -0.00000171. The van der Waals surface area contributed by atoms with Crippen LogP contribution < -0.4 is 40.0 Å². The van der Waals surface area contributed by atoms with E-state index in [1.54, 1.807) is 0 Å². The van der Waals surface area contributed by atoms with Gasteiger partial charge in [-0.1, -0.05) is 23.1 Å². The van der Waals surface area contributed by atoms with Crippen LogP contribution in [0.5, 0.6) is 0 Å². The van der Waals surface area contributed by atoms with Crippen LogP contribution in [-0.4, -0.2) is 103 Å². The van der Waals surface area contributed by atoms with Gasteiger partial charge in [-0.2, -0.15) is 0 Å². The molecule has 0 saturated carbocycles. The number of thioether (sulfide) groups is 2. The van der Waals surface area contributed by atoms with Crippen LogP contribution in [0.3, 0.4) is 0 Å². The molecule has 0 radical (unpaired) electrons. The molecule has 0 aliphatic carbocycles. The maximum atomic E-state index is 12.6. The van der Waals surface area contributed by atoms with Gasteiger partial charge < -0.3 is 42.6 Å². The number of carboxylic acids is 1. The van der Waals surface area contributed by atoms with Crippen LogP contribution in [0.1, 0.15) is 5.01 Å². The Labute approximate surface area is 231 Å². The molecule has 1 fully saturated rings. The van der Waals surface area contributed by atoms with Crippen LogP contribution in [0.25, 0.3) is 0 Å². The number of aryl methyl sites for hydroxylation is 1. The molecule has 2 aliphatic heterocycles. The molecule has 2 aliphatic rings. The molecule has 192 valence electrons. The van der Waals surface area contributed by atoms with Crippen LogP contribution in [0.2, 0.25) is 0 Å². The zero-order valence-corrected chi connectivity index (χ0v) is 22.8. The van der Waals surface area contributed by atoms with Crippen LogP contribution in [-0.2, 0) is 20.9 Å². The average molecular weight is 567 g/mol. The van der Waals surface area contributed by atoms with Crippen molar-refractivity contribution in [1.29, 1.82) is 0 Å². The van der Waals surface area contributed by atoms with Gasteiger partial charge in [0.25, 0.3) is 5.91 Å². The van der Waals surface area contributed by atoms with Gasteiger partial charge in [0.1, 0.15) is 29.3 Å². The zero-order valence-electron chi connectivity index (χ0n) is 18.3. The molecule has 0 aromatic carbocycles. The minimum atomic E-state index is -1.41. The van der Waals surface area contributed by atoms with Crippen LogP contribution in [0.15, 0.2) is 21.9 Å². The molecular weight excluding hydrogens is 543 g/mol. The molecule has 21 heteroatoms. The smallest absolute Gasteiger partial charge is 0.543 e. The summed E-state index contributed by atoms with van der Waals surface area (Å²) in [4.78, 5) is 37.6. The number of fused-ring (bicyclic) bond motifs is 1. The summed E-state index contributed by atoms with van der Waals surface area (Å²) < 4.78 is 1.95. The van der Waals surface area contributed by atoms with E-state index in [1.165, 1.54) is 50.8 Å². The van der Waals surface area contributed by atoms with Crippen molar-refractivity contribution in [2.45, 2.75) is 29.2 Å². The molecule has 1 saturated heterocycles. The second-order valence-electron chi connectivity index (χ2n) is 6.08. The molecule has 35 heavy (non-hydrogen) atoms.